The van der Waals surface area contributed by atoms with Crippen LogP contribution in [-0.4, -0.2) is 35.7 Å². The Labute approximate surface area is 212 Å². The molecular formula is C26H25N7O4. The van der Waals surface area contributed by atoms with Crippen molar-refractivity contribution < 1.29 is 14.4 Å². The molecule has 0 aliphatic carbocycles. The minimum Gasteiger partial charge on any atom is -0.501 e. The molecule has 0 radical (unpaired) electrons. The molecule has 2 atom stereocenters. The van der Waals surface area contributed by atoms with Crippen LogP contribution in [0.4, 0.5) is 5.69 Å². The molecule has 1 amide bonds. The monoisotopic (exact) mass is 499 g/mol. The Balaban J connectivity index is 1.92. The van der Waals surface area contributed by atoms with E-state index in [1.54, 1.807) is 12.1 Å². The summed E-state index contributed by atoms with van der Waals surface area (Å²) >= 11 is 0. The lowest BCUT2D eigenvalue weighted by atomic mass is 9.80. The number of anilines is 1. The number of amides is 1. The second kappa shape index (κ2) is 10.0. The lowest BCUT2D eigenvalue weighted by molar-refractivity contribution is 0.101. The number of nitrogens with one attached hydrogen (secondary N) is 1. The van der Waals surface area contributed by atoms with Gasteiger partial charge in [-0.2, -0.15) is 5.26 Å². The first kappa shape index (κ1) is 25.2. The third-order valence-electron chi connectivity index (χ3n) is 6.34. The Morgan fingerprint density at radius 3 is 2.51 bits per heavy atom. The van der Waals surface area contributed by atoms with Crippen LogP contribution < -0.4 is 10.9 Å². The van der Waals surface area contributed by atoms with Gasteiger partial charge in [-0.25, -0.2) is 4.98 Å². The van der Waals surface area contributed by atoms with E-state index >= 15 is 0 Å². The van der Waals surface area contributed by atoms with Crippen LogP contribution in [0.2, 0.25) is 0 Å². The third-order valence-corrected chi connectivity index (χ3v) is 6.34. The molecule has 11 nitrogen and oxygen atoms in total. The number of benzene rings is 1. The van der Waals surface area contributed by atoms with Crippen molar-refractivity contribution >= 4 is 11.6 Å². The number of carbonyl (C=O) groups is 1. The maximum absolute atomic E-state index is 13.0. The van der Waals surface area contributed by atoms with Gasteiger partial charge >= 0.3 is 0 Å². The second-order valence-corrected chi connectivity index (χ2v) is 8.73. The highest BCUT2D eigenvalue weighted by molar-refractivity contribution is 6.04. The fraction of sp³-hybridized carbons (Fsp3) is 0.269. The van der Waals surface area contributed by atoms with Gasteiger partial charge in [0, 0.05) is 18.9 Å². The van der Waals surface area contributed by atoms with Crippen LogP contribution in [0.3, 0.4) is 0 Å². The van der Waals surface area contributed by atoms with Gasteiger partial charge in [-0.05, 0) is 32.4 Å². The lowest BCUT2D eigenvalue weighted by Gasteiger charge is -2.27. The maximum Gasteiger partial charge on any atom is 0.296 e. The zero-order valence-electron chi connectivity index (χ0n) is 21.0. The first-order valence-electron chi connectivity index (χ1n) is 11.4. The molecule has 0 spiro atoms. The van der Waals surface area contributed by atoms with Gasteiger partial charge in [0.05, 0.1) is 40.6 Å². The summed E-state index contributed by atoms with van der Waals surface area (Å²) in [5.74, 6) is -2.48. The second-order valence-electron chi connectivity index (χ2n) is 8.73. The van der Waals surface area contributed by atoms with Gasteiger partial charge in [0.25, 0.3) is 11.5 Å². The van der Waals surface area contributed by atoms with Crippen molar-refractivity contribution in [1.82, 2.24) is 24.7 Å². The molecular weight excluding hydrogens is 474 g/mol. The summed E-state index contributed by atoms with van der Waals surface area (Å²) in [5.41, 5.74) is 2.92. The summed E-state index contributed by atoms with van der Waals surface area (Å²) < 4.78 is 5.91. The quantitative estimate of drug-likeness (QED) is 0.406. The summed E-state index contributed by atoms with van der Waals surface area (Å²) in [6.45, 7) is 7.39. The molecule has 188 valence electrons. The average molecular weight is 500 g/mol. The summed E-state index contributed by atoms with van der Waals surface area (Å²) in [6, 6.07) is 9.36. The zero-order valence-corrected chi connectivity index (χ0v) is 21.0. The SMILES string of the molecule is Cc1nc(C)c([C@@H](c2ccccc2C#N)[C@@H](C)c2nc(C(=O)Nc3cnoc3)c(O)c(=O)n2C)nc1C. The van der Waals surface area contributed by atoms with Crippen molar-refractivity contribution in [2.75, 3.05) is 5.32 Å². The minimum atomic E-state index is -0.803. The zero-order chi connectivity index (χ0) is 26.9. The highest BCUT2D eigenvalue weighted by Gasteiger charge is 2.33. The molecule has 0 unspecified atom stereocenters. The Morgan fingerprint density at radius 2 is 1.84 bits per heavy atom. The van der Waals surface area contributed by atoms with Crippen LogP contribution in [0.25, 0.3) is 0 Å². The Hall–Kier alpha value is -4.85. The van der Waals surface area contributed by atoms with Crippen LogP contribution in [0.1, 0.15) is 69.0 Å². The largest absolute Gasteiger partial charge is 0.501 e. The molecule has 0 saturated carbocycles. The number of aryl methyl sites for hydroxylation is 3. The maximum atomic E-state index is 13.0. The number of carbonyl (C=O) groups excluding carboxylic acids is 1. The first-order valence-corrected chi connectivity index (χ1v) is 11.4. The molecule has 3 aromatic heterocycles. The fourth-order valence-corrected chi connectivity index (χ4v) is 4.33. The van der Waals surface area contributed by atoms with Crippen LogP contribution >= 0.6 is 0 Å². The van der Waals surface area contributed by atoms with Gasteiger partial charge < -0.3 is 14.9 Å². The fourth-order valence-electron chi connectivity index (χ4n) is 4.33. The Bertz CT molecular complexity index is 1590. The number of hydrogen-bond donors (Lipinski definition) is 2. The van der Waals surface area contributed by atoms with Gasteiger partial charge in [-0.15, -0.1) is 0 Å². The van der Waals surface area contributed by atoms with E-state index in [9.17, 15) is 20.0 Å². The van der Waals surface area contributed by atoms with E-state index in [1.807, 2.05) is 39.8 Å². The molecule has 3 heterocycles. The normalized spacial score (nSPS) is 12.5. The summed E-state index contributed by atoms with van der Waals surface area (Å²) in [7, 11) is 1.47. The predicted molar refractivity (Wildman–Crippen MR) is 133 cm³/mol. The van der Waals surface area contributed by atoms with E-state index in [0.717, 1.165) is 11.4 Å². The van der Waals surface area contributed by atoms with E-state index in [-0.39, 0.29) is 11.5 Å². The molecule has 4 aromatic rings. The van der Waals surface area contributed by atoms with E-state index < -0.39 is 34.7 Å². The van der Waals surface area contributed by atoms with Crippen molar-refractivity contribution in [2.24, 2.45) is 7.05 Å². The van der Waals surface area contributed by atoms with Crippen molar-refractivity contribution in [2.45, 2.75) is 39.5 Å². The Morgan fingerprint density at radius 1 is 1.14 bits per heavy atom. The van der Waals surface area contributed by atoms with Crippen LogP contribution in [0, 0.1) is 32.1 Å². The molecule has 0 aliphatic rings. The van der Waals surface area contributed by atoms with Crippen molar-refractivity contribution in [3.8, 4) is 11.8 Å². The van der Waals surface area contributed by atoms with E-state index in [1.165, 1.54) is 24.1 Å². The number of rotatable bonds is 6. The molecule has 1 aromatic carbocycles. The molecule has 2 N–H and O–H groups in total. The lowest BCUT2D eigenvalue weighted by Crippen LogP contribution is -2.30. The predicted octanol–water partition coefficient (Wildman–Crippen LogP) is 3.25. The summed E-state index contributed by atoms with van der Waals surface area (Å²) in [4.78, 5) is 39.8. The number of aromatic hydroxyl groups is 1. The molecule has 0 bridgehead atoms. The molecule has 4 rings (SSSR count). The van der Waals surface area contributed by atoms with Gasteiger partial charge in [-0.3, -0.25) is 24.1 Å². The smallest absolute Gasteiger partial charge is 0.296 e. The first-order chi connectivity index (χ1) is 17.6. The van der Waals surface area contributed by atoms with Gasteiger partial charge in [0.15, 0.2) is 5.69 Å². The standard InChI is InChI=1S/C26H25N7O4/c1-13(24-32-22(23(34)26(36)33(24)5)25(35)31-18-11-28-37-12-18)20(19-9-7-6-8-17(19)10-27)21-16(4)29-14(2)15(3)30-21/h6-9,11-13,20,34H,1-5H3,(H,31,35)/t13-,20-/m1/s1. The number of hydrogen-bond acceptors (Lipinski definition) is 9. The molecule has 37 heavy (non-hydrogen) atoms. The van der Waals surface area contributed by atoms with Gasteiger partial charge in [-0.1, -0.05) is 30.3 Å². The van der Waals surface area contributed by atoms with Crippen LogP contribution in [-0.2, 0) is 7.05 Å². The highest BCUT2D eigenvalue weighted by Crippen LogP contribution is 2.39. The van der Waals surface area contributed by atoms with Crippen LogP contribution in [0.15, 0.2) is 46.0 Å². The molecule has 11 heteroatoms. The van der Waals surface area contributed by atoms with Crippen molar-refractivity contribution in [1.29, 1.82) is 5.26 Å². The third kappa shape index (κ3) is 4.69. The summed E-state index contributed by atoms with van der Waals surface area (Å²) in [6.07, 6.45) is 2.48. The highest BCUT2D eigenvalue weighted by atomic mass is 16.5. The van der Waals surface area contributed by atoms with Gasteiger partial charge in [0.2, 0.25) is 5.75 Å². The minimum absolute atomic E-state index is 0.218. The van der Waals surface area contributed by atoms with E-state index in [4.69, 9.17) is 9.51 Å². The molecule has 0 aliphatic heterocycles. The summed E-state index contributed by atoms with van der Waals surface area (Å²) in [5, 5.41) is 26.4. The molecule has 0 fully saturated rings. The van der Waals surface area contributed by atoms with E-state index in [2.05, 4.69) is 26.5 Å². The number of nitriles is 1. The number of aromatic nitrogens is 5. The topological polar surface area (TPSA) is 160 Å². The van der Waals surface area contributed by atoms with Crippen molar-refractivity contribution in [3.63, 3.8) is 0 Å². The molecule has 0 saturated heterocycles. The Kier molecular flexibility index (Phi) is 6.84. The van der Waals surface area contributed by atoms with Gasteiger partial charge in [0.1, 0.15) is 17.8 Å². The average Bonchev–Trinajstić information content (AvgIpc) is 3.39. The van der Waals surface area contributed by atoms with E-state index in [0.29, 0.717) is 22.5 Å². The van der Waals surface area contributed by atoms with Crippen molar-refractivity contribution in [3.05, 3.63) is 92.5 Å². The van der Waals surface area contributed by atoms with Crippen LogP contribution in [0.5, 0.6) is 5.75 Å². The number of nitrogens with zero attached hydrogens (tertiary/aromatic N) is 6.